The normalized spacial score (nSPS) is 22.3. The second kappa shape index (κ2) is 11.2. The number of hydrogen-bond acceptors (Lipinski definition) is 5. The number of piperidine rings is 1. The molecule has 2 aromatic carbocycles. The first-order valence-electron chi connectivity index (χ1n) is 11.4. The van der Waals surface area contributed by atoms with Crippen LogP contribution in [0.1, 0.15) is 38.5 Å². The number of ether oxygens (including phenoxy) is 1. The van der Waals surface area contributed by atoms with Crippen LogP contribution in [0.5, 0.6) is 5.75 Å². The highest BCUT2D eigenvalue weighted by Gasteiger charge is 2.33. The van der Waals surface area contributed by atoms with Gasteiger partial charge in [-0.2, -0.15) is 0 Å². The molecule has 1 saturated carbocycles. The number of benzene rings is 2. The van der Waals surface area contributed by atoms with Crippen molar-refractivity contribution in [2.45, 2.75) is 55.6 Å². The van der Waals surface area contributed by atoms with Crippen molar-refractivity contribution < 1.29 is 17.9 Å². The van der Waals surface area contributed by atoms with E-state index in [0.717, 1.165) is 44.5 Å². The third kappa shape index (κ3) is 6.26. The van der Waals surface area contributed by atoms with E-state index in [0.29, 0.717) is 33.4 Å². The third-order valence-corrected chi connectivity index (χ3v) is 9.71. The van der Waals surface area contributed by atoms with Gasteiger partial charge in [0.2, 0.25) is 5.91 Å². The lowest BCUT2D eigenvalue weighted by Gasteiger charge is -2.40. The van der Waals surface area contributed by atoms with Gasteiger partial charge in [-0.3, -0.25) is 4.79 Å². The topological polar surface area (TPSA) is 75.7 Å². The van der Waals surface area contributed by atoms with Crippen molar-refractivity contribution in [3.63, 3.8) is 0 Å². The number of nitrogens with one attached hydrogen (secondary N) is 1. The van der Waals surface area contributed by atoms with Gasteiger partial charge < -0.3 is 9.64 Å². The van der Waals surface area contributed by atoms with Crippen LogP contribution in [-0.2, 0) is 14.8 Å². The van der Waals surface area contributed by atoms with Crippen LogP contribution in [0, 0.1) is 5.92 Å². The third-order valence-electron chi connectivity index (χ3n) is 6.62. The maximum atomic E-state index is 12.7. The number of hydrogen-bond donors (Lipinski definition) is 1. The summed E-state index contributed by atoms with van der Waals surface area (Å²) >= 11 is 15.3. The van der Waals surface area contributed by atoms with E-state index < -0.39 is 15.9 Å². The smallest absolute Gasteiger partial charge is 0.265 e. The molecule has 2 fully saturated rings. The van der Waals surface area contributed by atoms with Crippen LogP contribution >= 0.6 is 39.1 Å². The van der Waals surface area contributed by atoms with E-state index >= 15 is 0 Å². The van der Waals surface area contributed by atoms with Crippen LogP contribution in [0.2, 0.25) is 10.0 Å². The van der Waals surface area contributed by atoms with Gasteiger partial charge in [-0.15, -0.1) is 0 Å². The van der Waals surface area contributed by atoms with Gasteiger partial charge in [-0.1, -0.05) is 35.3 Å². The highest BCUT2D eigenvalue weighted by molar-refractivity contribution is 9.10. The molecule has 1 heterocycles. The Bertz CT molecular complexity index is 1130. The fraction of sp³-hybridized carbons (Fsp3) is 0.458. The second-order valence-electron chi connectivity index (χ2n) is 8.83. The van der Waals surface area contributed by atoms with Crippen molar-refractivity contribution in [1.29, 1.82) is 0 Å². The zero-order chi connectivity index (χ0) is 24.3. The molecule has 2 aromatic rings. The predicted molar refractivity (Wildman–Crippen MR) is 137 cm³/mol. The molecule has 4 rings (SSSR count). The molecule has 1 amide bonds. The first kappa shape index (κ1) is 25.8. The van der Waals surface area contributed by atoms with Gasteiger partial charge in [0, 0.05) is 35.6 Å². The molecule has 34 heavy (non-hydrogen) atoms. The van der Waals surface area contributed by atoms with Gasteiger partial charge in [-0.25, -0.2) is 13.1 Å². The maximum absolute atomic E-state index is 12.7. The molecular formula is C24H27BrCl2N2O4S. The zero-order valence-corrected chi connectivity index (χ0v) is 22.5. The summed E-state index contributed by atoms with van der Waals surface area (Å²) in [6, 6.07) is 12.2. The fourth-order valence-electron chi connectivity index (χ4n) is 4.74. The molecular weight excluding hydrogens is 563 g/mol. The van der Waals surface area contributed by atoms with Crippen LogP contribution in [0.25, 0.3) is 0 Å². The lowest BCUT2D eigenvalue weighted by atomic mass is 9.84. The van der Waals surface area contributed by atoms with Crippen LogP contribution in [0.4, 0.5) is 0 Å². The molecule has 1 N–H and O–H groups in total. The Morgan fingerprint density at radius 2 is 1.65 bits per heavy atom. The fourth-order valence-corrected chi connectivity index (χ4v) is 7.07. The summed E-state index contributed by atoms with van der Waals surface area (Å²) in [7, 11) is -3.90. The van der Waals surface area contributed by atoms with Crippen LogP contribution in [0.3, 0.4) is 0 Å². The molecule has 10 heteroatoms. The summed E-state index contributed by atoms with van der Waals surface area (Å²) in [5.41, 5.74) is 0. The van der Waals surface area contributed by atoms with E-state index in [1.54, 1.807) is 30.3 Å². The Labute approximate surface area is 219 Å². The van der Waals surface area contributed by atoms with Gasteiger partial charge in [0.05, 0.1) is 10.0 Å². The van der Waals surface area contributed by atoms with E-state index in [2.05, 4.69) is 25.6 Å². The molecule has 184 valence electrons. The second-order valence-corrected chi connectivity index (χ2v) is 12.2. The molecule has 0 atom stereocenters. The van der Waals surface area contributed by atoms with E-state index in [9.17, 15) is 13.2 Å². The molecule has 6 nitrogen and oxygen atoms in total. The Balaban J connectivity index is 1.24. The average molecular weight is 590 g/mol. The molecule has 0 bridgehead atoms. The van der Waals surface area contributed by atoms with E-state index in [1.165, 1.54) is 6.07 Å². The number of halogens is 3. The Morgan fingerprint density at radius 1 is 0.971 bits per heavy atom. The quantitative estimate of drug-likeness (QED) is 0.470. The Morgan fingerprint density at radius 3 is 2.29 bits per heavy atom. The lowest BCUT2D eigenvalue weighted by Crippen LogP contribution is -2.46. The van der Waals surface area contributed by atoms with Crippen molar-refractivity contribution >= 4 is 55.1 Å². The van der Waals surface area contributed by atoms with Crippen LogP contribution in [0.15, 0.2) is 51.8 Å². The number of sulfonamides is 1. The molecule has 0 aromatic heterocycles. The van der Waals surface area contributed by atoms with Crippen LogP contribution < -0.4 is 9.46 Å². The zero-order valence-electron chi connectivity index (χ0n) is 18.6. The number of nitrogens with zero attached hydrogens (tertiary/aromatic N) is 1. The number of carbonyl (C=O) groups excluding carboxylic acids is 1. The van der Waals surface area contributed by atoms with Crippen molar-refractivity contribution in [2.24, 2.45) is 5.92 Å². The molecule has 0 unspecified atom stereocenters. The summed E-state index contributed by atoms with van der Waals surface area (Å²) in [4.78, 5) is 15.2. The first-order chi connectivity index (χ1) is 16.2. The first-order valence-corrected chi connectivity index (χ1v) is 14.4. The van der Waals surface area contributed by atoms with E-state index in [-0.39, 0.29) is 16.9 Å². The average Bonchev–Trinajstić information content (AvgIpc) is 2.82. The molecule has 2 aliphatic rings. The van der Waals surface area contributed by atoms with Gasteiger partial charge in [0.15, 0.2) is 0 Å². The minimum Gasteiger partial charge on any atom is -0.490 e. The van der Waals surface area contributed by atoms with Gasteiger partial charge >= 0.3 is 0 Å². The summed E-state index contributed by atoms with van der Waals surface area (Å²) in [6.07, 6.45) is 5.11. The summed E-state index contributed by atoms with van der Waals surface area (Å²) in [6.45, 7) is 1.87. The molecule has 0 radical (unpaired) electrons. The highest BCUT2D eigenvalue weighted by Crippen LogP contribution is 2.32. The Hall–Kier alpha value is -1.32. The predicted octanol–water partition coefficient (Wildman–Crippen LogP) is 5.66. The monoisotopic (exact) mass is 588 g/mol. The SMILES string of the molecule is O=C(NS(=O)(=O)c1ccccc1Br)C1CCC(N2CCC(Oc3ccc(Cl)c(Cl)c3)CC2)CC1. The van der Waals surface area contributed by atoms with Crippen molar-refractivity contribution in [2.75, 3.05) is 13.1 Å². The van der Waals surface area contributed by atoms with Gasteiger partial charge in [0.1, 0.15) is 16.7 Å². The van der Waals surface area contributed by atoms with Crippen LogP contribution in [-0.4, -0.2) is 44.5 Å². The van der Waals surface area contributed by atoms with Crippen molar-refractivity contribution in [3.05, 3.63) is 57.0 Å². The van der Waals surface area contributed by atoms with Crippen molar-refractivity contribution in [1.82, 2.24) is 9.62 Å². The summed E-state index contributed by atoms with van der Waals surface area (Å²) in [5, 5.41) is 1.00. The standard InChI is InChI=1S/C24H27BrCl2N2O4S/c25-20-3-1-2-4-23(20)34(31,32)28-24(30)16-5-7-17(8-6-16)29-13-11-18(12-14-29)33-19-9-10-21(26)22(27)15-19/h1-4,9-10,15-18H,5-8,11-14H2,(H,28,30). The van der Waals surface area contributed by atoms with E-state index in [1.807, 2.05) is 6.07 Å². The number of likely N-dealkylation sites (tertiary alicyclic amines) is 1. The minimum absolute atomic E-state index is 0.0722. The Kier molecular flexibility index (Phi) is 8.46. The summed E-state index contributed by atoms with van der Waals surface area (Å²) < 4.78 is 34.0. The number of carbonyl (C=O) groups is 1. The van der Waals surface area contributed by atoms with Gasteiger partial charge in [0.25, 0.3) is 10.0 Å². The maximum Gasteiger partial charge on any atom is 0.265 e. The summed E-state index contributed by atoms with van der Waals surface area (Å²) in [5.74, 6) is 0.0313. The highest BCUT2D eigenvalue weighted by atomic mass is 79.9. The molecule has 0 spiro atoms. The minimum atomic E-state index is -3.90. The lowest BCUT2D eigenvalue weighted by molar-refractivity contribution is -0.124. The van der Waals surface area contributed by atoms with Crippen molar-refractivity contribution in [3.8, 4) is 5.75 Å². The largest absolute Gasteiger partial charge is 0.490 e. The van der Waals surface area contributed by atoms with E-state index in [4.69, 9.17) is 27.9 Å². The number of rotatable bonds is 6. The number of amides is 1. The molecule has 1 aliphatic carbocycles. The molecule has 1 saturated heterocycles. The van der Waals surface area contributed by atoms with Gasteiger partial charge in [-0.05, 0) is 78.7 Å². The molecule has 1 aliphatic heterocycles.